The number of rotatable bonds is 8. The number of pyridine rings is 1. The van der Waals surface area contributed by atoms with Crippen LogP contribution in [0.2, 0.25) is 0 Å². The van der Waals surface area contributed by atoms with Gasteiger partial charge in [0, 0.05) is 29.3 Å². The fraction of sp³-hybridized carbons (Fsp3) is 0.294. The van der Waals surface area contributed by atoms with Gasteiger partial charge in [0.25, 0.3) is 0 Å². The van der Waals surface area contributed by atoms with Crippen LogP contribution >= 0.6 is 15.9 Å². The molecule has 0 radical (unpaired) electrons. The van der Waals surface area contributed by atoms with Crippen molar-refractivity contribution >= 4 is 38.0 Å². The van der Waals surface area contributed by atoms with Crippen molar-refractivity contribution in [3.05, 3.63) is 46.6 Å². The van der Waals surface area contributed by atoms with Crippen LogP contribution in [-0.2, 0) is 10.0 Å². The van der Waals surface area contributed by atoms with Gasteiger partial charge in [-0.3, -0.25) is 5.43 Å². The van der Waals surface area contributed by atoms with Gasteiger partial charge in [-0.25, -0.2) is 13.4 Å². The second-order valence-electron chi connectivity index (χ2n) is 5.22. The van der Waals surface area contributed by atoms with E-state index in [2.05, 4.69) is 31.4 Å². The summed E-state index contributed by atoms with van der Waals surface area (Å²) in [5, 5.41) is 4.12. The first-order valence-corrected chi connectivity index (χ1v) is 10.2. The molecule has 1 aromatic heterocycles. The lowest BCUT2D eigenvalue weighted by Crippen LogP contribution is -2.30. The highest BCUT2D eigenvalue weighted by Crippen LogP contribution is 2.21. The number of methoxy groups -OCH3 is 1. The van der Waals surface area contributed by atoms with Crippen LogP contribution in [0.4, 0.5) is 5.82 Å². The number of anilines is 1. The van der Waals surface area contributed by atoms with Gasteiger partial charge in [0.1, 0.15) is 16.5 Å². The summed E-state index contributed by atoms with van der Waals surface area (Å²) >= 11 is 3.40. The third kappa shape index (κ3) is 4.80. The second-order valence-corrected chi connectivity index (χ2v) is 8.08. The summed E-state index contributed by atoms with van der Waals surface area (Å²) in [6.45, 7) is 4.43. The van der Waals surface area contributed by atoms with E-state index in [1.165, 1.54) is 16.6 Å². The molecule has 1 N–H and O–H groups in total. The highest BCUT2D eigenvalue weighted by atomic mass is 79.9. The Bertz CT molecular complexity index is 866. The van der Waals surface area contributed by atoms with Crippen LogP contribution in [0.1, 0.15) is 19.4 Å². The zero-order valence-corrected chi connectivity index (χ0v) is 17.2. The Balaban J connectivity index is 2.12. The maximum Gasteiger partial charge on any atom is 0.244 e. The van der Waals surface area contributed by atoms with Crippen molar-refractivity contribution in [1.82, 2.24) is 9.29 Å². The van der Waals surface area contributed by atoms with E-state index in [0.717, 1.165) is 10.0 Å². The second kappa shape index (κ2) is 9.11. The van der Waals surface area contributed by atoms with E-state index >= 15 is 0 Å². The SMILES string of the molecule is CCN(CC)S(=O)(=O)c1ccc(N/N=C/c2cc(Br)ccc2OC)nc1. The van der Waals surface area contributed by atoms with E-state index in [1.807, 2.05) is 18.2 Å². The van der Waals surface area contributed by atoms with Crippen LogP contribution in [0.3, 0.4) is 0 Å². The minimum Gasteiger partial charge on any atom is -0.496 e. The number of ether oxygens (including phenoxy) is 1. The fourth-order valence-electron chi connectivity index (χ4n) is 2.29. The Kier molecular flexibility index (Phi) is 7.13. The number of hydrogen-bond donors (Lipinski definition) is 1. The average Bonchev–Trinajstić information content (AvgIpc) is 2.63. The van der Waals surface area contributed by atoms with Crippen molar-refractivity contribution in [3.63, 3.8) is 0 Å². The van der Waals surface area contributed by atoms with Gasteiger partial charge < -0.3 is 4.74 Å². The van der Waals surface area contributed by atoms with Crippen LogP contribution in [0.15, 0.2) is 51.0 Å². The summed E-state index contributed by atoms with van der Waals surface area (Å²) in [7, 11) is -1.92. The molecule has 0 amide bonds. The van der Waals surface area contributed by atoms with Crippen LogP contribution in [-0.4, -0.2) is 44.1 Å². The average molecular weight is 441 g/mol. The highest BCUT2D eigenvalue weighted by molar-refractivity contribution is 9.10. The van der Waals surface area contributed by atoms with Gasteiger partial charge in [0.2, 0.25) is 10.0 Å². The summed E-state index contributed by atoms with van der Waals surface area (Å²) in [6.07, 6.45) is 2.93. The van der Waals surface area contributed by atoms with E-state index in [0.29, 0.717) is 24.7 Å². The fourth-order valence-corrected chi connectivity index (χ4v) is 4.07. The summed E-state index contributed by atoms with van der Waals surface area (Å²) in [4.78, 5) is 4.27. The van der Waals surface area contributed by atoms with E-state index in [1.54, 1.807) is 33.2 Å². The molecule has 0 aliphatic rings. The summed E-state index contributed by atoms with van der Waals surface area (Å²) < 4.78 is 32.4. The minimum atomic E-state index is -3.51. The number of nitrogens with zero attached hydrogens (tertiary/aromatic N) is 3. The van der Waals surface area contributed by atoms with Gasteiger partial charge >= 0.3 is 0 Å². The Morgan fingerprint density at radius 2 is 2.00 bits per heavy atom. The Morgan fingerprint density at radius 1 is 1.27 bits per heavy atom. The normalized spacial score (nSPS) is 11.9. The van der Waals surface area contributed by atoms with Gasteiger partial charge in [-0.05, 0) is 30.3 Å². The maximum absolute atomic E-state index is 12.4. The maximum atomic E-state index is 12.4. The molecule has 0 atom stereocenters. The summed E-state index contributed by atoms with van der Waals surface area (Å²) in [5.41, 5.74) is 3.57. The van der Waals surface area contributed by atoms with Gasteiger partial charge in [-0.15, -0.1) is 0 Å². The lowest BCUT2D eigenvalue weighted by molar-refractivity contribution is 0.414. The molecule has 0 saturated carbocycles. The monoisotopic (exact) mass is 440 g/mol. The molecule has 2 aromatic rings. The first-order chi connectivity index (χ1) is 12.4. The predicted octanol–water partition coefficient (Wildman–Crippen LogP) is 3.33. The van der Waals surface area contributed by atoms with Crippen molar-refractivity contribution in [2.45, 2.75) is 18.7 Å². The molecule has 0 aliphatic carbocycles. The number of nitrogens with one attached hydrogen (secondary N) is 1. The van der Waals surface area contributed by atoms with Crippen molar-refractivity contribution < 1.29 is 13.2 Å². The minimum absolute atomic E-state index is 0.157. The molecule has 0 unspecified atom stereocenters. The largest absolute Gasteiger partial charge is 0.496 e. The zero-order chi connectivity index (χ0) is 19.2. The highest BCUT2D eigenvalue weighted by Gasteiger charge is 2.21. The third-order valence-electron chi connectivity index (χ3n) is 3.65. The van der Waals surface area contributed by atoms with Gasteiger partial charge in [0.05, 0.1) is 13.3 Å². The quantitative estimate of drug-likeness (QED) is 0.502. The molecule has 0 saturated heterocycles. The van der Waals surface area contributed by atoms with E-state index in [9.17, 15) is 8.42 Å². The van der Waals surface area contributed by atoms with Crippen LogP contribution in [0.5, 0.6) is 5.75 Å². The first-order valence-electron chi connectivity index (χ1n) is 8.01. The molecule has 0 spiro atoms. The molecule has 26 heavy (non-hydrogen) atoms. The Hall–Kier alpha value is -1.97. The molecule has 7 nitrogen and oxygen atoms in total. The lowest BCUT2D eigenvalue weighted by Gasteiger charge is -2.18. The molecule has 2 rings (SSSR count). The predicted molar refractivity (Wildman–Crippen MR) is 106 cm³/mol. The van der Waals surface area contributed by atoms with Gasteiger partial charge in [0.15, 0.2) is 0 Å². The third-order valence-corrected chi connectivity index (χ3v) is 6.18. The van der Waals surface area contributed by atoms with Gasteiger partial charge in [-0.2, -0.15) is 9.41 Å². The van der Waals surface area contributed by atoms with Crippen LogP contribution in [0, 0.1) is 0 Å². The van der Waals surface area contributed by atoms with Crippen molar-refractivity contribution in [2.24, 2.45) is 5.10 Å². The number of benzene rings is 1. The summed E-state index contributed by atoms with van der Waals surface area (Å²) in [6, 6.07) is 8.66. The molecule has 0 bridgehead atoms. The molecular formula is C17H21BrN4O3S. The van der Waals surface area contributed by atoms with E-state index in [-0.39, 0.29) is 4.90 Å². The molecule has 140 valence electrons. The molecule has 0 aliphatic heterocycles. The summed E-state index contributed by atoms with van der Waals surface area (Å²) in [5.74, 6) is 1.13. The Labute approximate surface area is 162 Å². The lowest BCUT2D eigenvalue weighted by atomic mass is 10.2. The topological polar surface area (TPSA) is 83.9 Å². The first kappa shape index (κ1) is 20.3. The zero-order valence-electron chi connectivity index (χ0n) is 14.8. The van der Waals surface area contributed by atoms with Gasteiger partial charge in [-0.1, -0.05) is 29.8 Å². The molecule has 1 heterocycles. The molecule has 0 fully saturated rings. The number of aromatic nitrogens is 1. The number of hydrogen-bond acceptors (Lipinski definition) is 6. The number of sulfonamides is 1. The van der Waals surface area contributed by atoms with Crippen LogP contribution in [0.25, 0.3) is 0 Å². The number of halogens is 1. The molecule has 1 aromatic carbocycles. The smallest absolute Gasteiger partial charge is 0.244 e. The van der Waals surface area contributed by atoms with Crippen molar-refractivity contribution in [3.8, 4) is 5.75 Å². The number of hydrazone groups is 1. The van der Waals surface area contributed by atoms with E-state index in [4.69, 9.17) is 4.74 Å². The van der Waals surface area contributed by atoms with Crippen molar-refractivity contribution in [2.75, 3.05) is 25.6 Å². The van der Waals surface area contributed by atoms with Crippen molar-refractivity contribution in [1.29, 1.82) is 0 Å². The standard InChI is InChI=1S/C17H21BrN4O3S/c1-4-22(5-2)26(23,24)15-7-9-17(19-12-15)21-20-11-13-10-14(18)6-8-16(13)25-3/h6-12H,4-5H2,1-3H3,(H,19,21)/b20-11+. The Morgan fingerprint density at radius 3 is 2.58 bits per heavy atom. The van der Waals surface area contributed by atoms with Crippen LogP contribution < -0.4 is 10.2 Å². The van der Waals surface area contributed by atoms with E-state index < -0.39 is 10.0 Å². The molecular weight excluding hydrogens is 420 g/mol. The molecule has 9 heteroatoms.